The minimum Gasteiger partial charge on any atom is -0.373 e. The van der Waals surface area contributed by atoms with Crippen LogP contribution in [0.1, 0.15) is 34.6 Å². The Labute approximate surface area is 395 Å². The molecule has 8 heteroatoms. The lowest BCUT2D eigenvalue weighted by Crippen LogP contribution is -2.47. The molecule has 0 amide bonds. The number of allylic oxidation sites excluding steroid dienone is 6. The number of rotatable bonds is 10. The molecule has 6 N–H and O–H groups in total. The number of hydrogen-bond donors (Lipinski definition) is 5. The van der Waals surface area contributed by atoms with Crippen LogP contribution < -0.4 is 27.0 Å². The van der Waals surface area contributed by atoms with E-state index in [1.807, 2.05) is 36.4 Å². The van der Waals surface area contributed by atoms with Gasteiger partial charge >= 0.3 is 0 Å². The molecule has 4 atom stereocenters. The first-order chi connectivity index (χ1) is 33.6. The fourth-order valence-electron chi connectivity index (χ4n) is 10.1. The zero-order valence-corrected chi connectivity index (χ0v) is 37.4. The summed E-state index contributed by atoms with van der Waals surface area (Å²) in [5, 5.41) is 20.2. The predicted octanol–water partition coefficient (Wildman–Crippen LogP) is 11.7. The van der Waals surface area contributed by atoms with Crippen LogP contribution in [0.2, 0.25) is 0 Å². The molecule has 0 radical (unpaired) electrons. The van der Waals surface area contributed by atoms with E-state index in [9.17, 15) is 0 Å². The van der Waals surface area contributed by atoms with Crippen molar-refractivity contribution in [3.8, 4) is 0 Å². The zero-order chi connectivity index (χ0) is 45.4. The molecule has 0 bridgehead atoms. The molecule has 7 aromatic carbocycles. The Balaban J connectivity index is 0.966. The van der Waals surface area contributed by atoms with Crippen molar-refractivity contribution < 1.29 is 0 Å². The molecule has 0 saturated carbocycles. The van der Waals surface area contributed by atoms with Crippen molar-refractivity contribution in [1.82, 2.24) is 30.4 Å². The highest BCUT2D eigenvalue weighted by Gasteiger charge is 2.29. The quantitative estimate of drug-likeness (QED) is 0.0536. The fraction of sp³-hybridized carbons (Fsp3) is 0.0833. The lowest BCUT2D eigenvalue weighted by atomic mass is 9.94. The maximum absolute atomic E-state index is 6.87. The van der Waals surface area contributed by atoms with E-state index in [2.05, 4.69) is 225 Å². The van der Waals surface area contributed by atoms with Gasteiger partial charge in [0.2, 0.25) is 0 Å². The second-order valence-corrected chi connectivity index (χ2v) is 17.5. The number of aromatic nitrogens is 2. The summed E-state index contributed by atoms with van der Waals surface area (Å²) < 4.78 is 4.90. The molecule has 9 aromatic rings. The number of dihydropyridines is 3. The third-order valence-corrected chi connectivity index (χ3v) is 13.3. The summed E-state index contributed by atoms with van der Waals surface area (Å²) in [5.74, 6) is 1.70. The van der Waals surface area contributed by atoms with Crippen molar-refractivity contribution in [1.29, 1.82) is 0 Å². The number of nitrogens with one attached hydrogen (secondary N) is 4. The van der Waals surface area contributed by atoms with Gasteiger partial charge in [0.25, 0.3) is 0 Å². The molecule has 3 aliphatic heterocycles. The van der Waals surface area contributed by atoms with Gasteiger partial charge in [0.1, 0.15) is 30.0 Å². The minimum absolute atomic E-state index is 0.112. The minimum atomic E-state index is -0.459. The smallest absolute Gasteiger partial charge is 0.125 e. The third kappa shape index (κ3) is 7.56. The monoisotopic (exact) mass is 882 g/mol. The van der Waals surface area contributed by atoms with Crippen LogP contribution in [0.4, 0.5) is 0 Å². The molecule has 8 nitrogen and oxygen atoms in total. The van der Waals surface area contributed by atoms with Crippen LogP contribution in [0.15, 0.2) is 241 Å². The van der Waals surface area contributed by atoms with Gasteiger partial charge in [-0.2, -0.15) is 0 Å². The molecule has 330 valence electrons. The van der Waals surface area contributed by atoms with Crippen LogP contribution in [0, 0.1) is 0 Å². The third-order valence-electron chi connectivity index (χ3n) is 13.3. The van der Waals surface area contributed by atoms with Crippen molar-refractivity contribution in [3.05, 3.63) is 259 Å². The molecular formula is C60H50N8. The van der Waals surface area contributed by atoms with E-state index in [1.165, 1.54) is 32.7 Å². The first-order valence-electron chi connectivity index (χ1n) is 23.4. The summed E-state index contributed by atoms with van der Waals surface area (Å²) in [5.41, 5.74) is 19.2. The lowest BCUT2D eigenvalue weighted by Gasteiger charge is -2.32. The second-order valence-electron chi connectivity index (χ2n) is 17.5. The van der Waals surface area contributed by atoms with E-state index >= 15 is 0 Å². The number of nitrogens with zero attached hydrogens (tertiary/aromatic N) is 3. The highest BCUT2D eigenvalue weighted by atomic mass is 15.2. The molecule has 0 fully saturated rings. The topological polar surface area (TPSA) is 96.4 Å². The van der Waals surface area contributed by atoms with E-state index in [-0.39, 0.29) is 18.2 Å². The predicted molar refractivity (Wildman–Crippen MR) is 282 cm³/mol. The number of hydrogen-bond acceptors (Lipinski definition) is 5. The molecule has 0 aliphatic carbocycles. The molecule has 0 spiro atoms. The van der Waals surface area contributed by atoms with Gasteiger partial charge in [-0.25, -0.2) is 0 Å². The van der Waals surface area contributed by atoms with Gasteiger partial charge in [-0.3, -0.25) is 9.56 Å². The summed E-state index contributed by atoms with van der Waals surface area (Å²) in [6, 6.07) is 63.4. The first-order valence-corrected chi connectivity index (χ1v) is 23.4. The number of fused-ring (bicyclic) bond motifs is 7. The molecule has 4 unspecified atom stereocenters. The normalized spacial score (nSPS) is 18.6. The van der Waals surface area contributed by atoms with E-state index in [0.29, 0.717) is 6.54 Å². The number of nitrogens with two attached hydrogens (primary N) is 1. The second kappa shape index (κ2) is 17.7. The Morgan fingerprint density at radius 1 is 0.588 bits per heavy atom. The van der Waals surface area contributed by atoms with E-state index in [0.717, 1.165) is 61.8 Å². The van der Waals surface area contributed by atoms with Gasteiger partial charge in [0, 0.05) is 32.9 Å². The number of aliphatic imine (C=N–C) groups is 1. The van der Waals surface area contributed by atoms with Gasteiger partial charge < -0.3 is 31.6 Å². The van der Waals surface area contributed by atoms with Gasteiger partial charge in [0.05, 0.1) is 34.7 Å². The van der Waals surface area contributed by atoms with Crippen molar-refractivity contribution in [3.63, 3.8) is 0 Å². The standard InChI is InChI=1S/C60H50N8/c61-59(43-25-11-4-12-26-43)66-60(62-39-40-19-5-1-6-20-40)50-30-18-34-56(65-50)68-54-32-16-14-28-46(54)48-36-35-47-45-27-13-15-31-53(45)67(57(47)58(48)68)55-33-17-29-49(64-55)52-38-44(41-21-7-2-8-22-41)37-51(63-52)42-23-9-3-10-24-42/h1-38,50,52,55,59,63-65H,39,61H2,(H,62,66). The fourth-order valence-corrected chi connectivity index (χ4v) is 10.1. The number of amidine groups is 1. The Kier molecular flexibility index (Phi) is 10.6. The van der Waals surface area contributed by atoms with E-state index in [1.54, 1.807) is 0 Å². The van der Waals surface area contributed by atoms with Gasteiger partial charge in [-0.15, -0.1) is 0 Å². The molecule has 3 aliphatic rings. The maximum Gasteiger partial charge on any atom is 0.125 e. The average Bonchev–Trinajstić information content (AvgIpc) is 3.94. The molecule has 2 aromatic heterocycles. The Bertz CT molecular complexity index is 3560. The SMILES string of the molecule is NC(NC(=NCc1ccccc1)C1C=CC=C(n2c3ccccc3c3ccc4c5ccccc5n(C5C=CC=C(C6C=C(c7ccccc7)C=C(c7ccccc7)N6)N5)c4c32)N1)c1ccccc1. The summed E-state index contributed by atoms with van der Waals surface area (Å²) >= 11 is 0. The van der Waals surface area contributed by atoms with E-state index in [4.69, 9.17) is 10.7 Å². The van der Waals surface area contributed by atoms with Crippen molar-refractivity contribution in [2.45, 2.75) is 31.0 Å². The van der Waals surface area contributed by atoms with Crippen LogP contribution >= 0.6 is 0 Å². The van der Waals surface area contributed by atoms with Gasteiger partial charge in [0.15, 0.2) is 0 Å². The Morgan fingerprint density at radius 3 is 1.96 bits per heavy atom. The summed E-state index contributed by atoms with van der Waals surface area (Å²) in [6.45, 7) is 0.508. The molecule has 5 heterocycles. The summed E-state index contributed by atoms with van der Waals surface area (Å²) in [4.78, 5) is 5.20. The highest BCUT2D eigenvalue weighted by molar-refractivity contribution is 6.23. The summed E-state index contributed by atoms with van der Waals surface area (Å²) in [7, 11) is 0. The lowest BCUT2D eigenvalue weighted by molar-refractivity contribution is 0.528. The zero-order valence-electron chi connectivity index (χ0n) is 37.4. The van der Waals surface area contributed by atoms with Crippen molar-refractivity contribution in [2.75, 3.05) is 0 Å². The number of para-hydroxylation sites is 2. The summed E-state index contributed by atoms with van der Waals surface area (Å²) in [6.07, 6.45) is 17.1. The van der Waals surface area contributed by atoms with Gasteiger partial charge in [-0.05, 0) is 70.3 Å². The van der Waals surface area contributed by atoms with Crippen LogP contribution in [0.3, 0.4) is 0 Å². The molecule has 0 saturated heterocycles. The number of benzene rings is 7. The van der Waals surface area contributed by atoms with Crippen molar-refractivity contribution in [2.24, 2.45) is 10.7 Å². The van der Waals surface area contributed by atoms with Crippen LogP contribution in [0.5, 0.6) is 0 Å². The molecular weight excluding hydrogens is 833 g/mol. The molecule has 12 rings (SSSR count). The van der Waals surface area contributed by atoms with Crippen molar-refractivity contribution >= 4 is 66.5 Å². The van der Waals surface area contributed by atoms with Crippen LogP contribution in [-0.2, 0) is 6.54 Å². The van der Waals surface area contributed by atoms with Crippen LogP contribution in [0.25, 0.3) is 60.7 Å². The maximum atomic E-state index is 6.87. The molecule has 68 heavy (non-hydrogen) atoms. The Morgan fingerprint density at radius 2 is 1.21 bits per heavy atom. The van der Waals surface area contributed by atoms with Gasteiger partial charge in [-0.1, -0.05) is 188 Å². The average molecular weight is 883 g/mol. The highest BCUT2D eigenvalue weighted by Crippen LogP contribution is 2.42. The van der Waals surface area contributed by atoms with E-state index < -0.39 is 6.17 Å². The van der Waals surface area contributed by atoms with Crippen LogP contribution in [-0.4, -0.2) is 27.1 Å². The first kappa shape index (κ1) is 40.9. The Hall–Kier alpha value is -8.59. The largest absolute Gasteiger partial charge is 0.373 e.